The molecule has 0 aliphatic rings. The first-order valence-electron chi connectivity index (χ1n) is 17.6. The minimum absolute atomic E-state index is 0.262. The number of carbonyl (C=O) groups is 1. The van der Waals surface area contributed by atoms with E-state index in [0.29, 0.717) is 6.42 Å². The molecule has 0 saturated heterocycles. The minimum Gasteiger partial charge on any atom is -0.356 e. The molecular formula is C35H73N2O+. The van der Waals surface area contributed by atoms with Gasteiger partial charge >= 0.3 is 0 Å². The van der Waals surface area contributed by atoms with Gasteiger partial charge in [0.2, 0.25) is 5.91 Å². The lowest BCUT2D eigenvalue weighted by Gasteiger charge is -2.30. The topological polar surface area (TPSA) is 29.1 Å². The highest BCUT2D eigenvalue weighted by Gasteiger charge is 2.14. The summed E-state index contributed by atoms with van der Waals surface area (Å²) in [6.45, 7) is 7.85. The number of rotatable bonds is 31. The summed E-state index contributed by atoms with van der Waals surface area (Å²) in [5, 5.41) is 3.16. The minimum atomic E-state index is 0.262. The van der Waals surface area contributed by atoms with Crippen molar-refractivity contribution >= 4 is 5.91 Å². The lowest BCUT2D eigenvalue weighted by atomic mass is 10.0. The fraction of sp³-hybridized carbons (Fsp3) is 0.971. The Labute approximate surface area is 241 Å². The van der Waals surface area contributed by atoms with Crippen molar-refractivity contribution in [3.63, 3.8) is 0 Å². The van der Waals surface area contributed by atoms with Crippen LogP contribution in [0.25, 0.3) is 0 Å². The molecule has 0 bridgehead atoms. The van der Waals surface area contributed by atoms with Gasteiger partial charge in [-0.1, -0.05) is 155 Å². The maximum atomic E-state index is 12.1. The first-order valence-corrected chi connectivity index (χ1v) is 17.6. The lowest BCUT2D eigenvalue weighted by Crippen LogP contribution is -2.42. The highest BCUT2D eigenvalue weighted by Crippen LogP contribution is 2.14. The van der Waals surface area contributed by atoms with Crippen molar-refractivity contribution in [1.29, 1.82) is 0 Å². The van der Waals surface area contributed by atoms with Crippen molar-refractivity contribution in [2.24, 2.45) is 0 Å². The molecular weight excluding hydrogens is 464 g/mol. The van der Waals surface area contributed by atoms with E-state index < -0.39 is 0 Å². The predicted molar refractivity (Wildman–Crippen MR) is 171 cm³/mol. The second-order valence-corrected chi connectivity index (χ2v) is 13.0. The van der Waals surface area contributed by atoms with E-state index in [2.05, 4.69) is 33.3 Å². The molecule has 0 heterocycles. The second kappa shape index (κ2) is 29.4. The van der Waals surface area contributed by atoms with Crippen LogP contribution in [-0.2, 0) is 4.79 Å². The SMILES string of the molecule is CCCCCCCCCCCCCCCC[N+](C)(C)CCCNC(=O)CCCCCCCCCCCCC. The standard InChI is InChI=1S/C35H72N2O/c1-5-7-9-11-13-15-17-18-19-21-23-25-27-29-33-37(3,4)34-30-32-36-35(38)31-28-26-24-22-20-16-14-12-10-8-6-2/h5-34H2,1-4H3/p+1. The molecule has 0 aromatic rings. The fourth-order valence-electron chi connectivity index (χ4n) is 5.62. The number of unbranched alkanes of at least 4 members (excludes halogenated alkanes) is 23. The molecule has 0 fully saturated rings. The van der Waals surface area contributed by atoms with Crippen LogP contribution in [0.4, 0.5) is 0 Å². The number of nitrogens with one attached hydrogen (secondary N) is 1. The zero-order valence-electron chi connectivity index (χ0n) is 27.1. The first-order chi connectivity index (χ1) is 18.5. The molecule has 0 aliphatic carbocycles. The number of amides is 1. The van der Waals surface area contributed by atoms with Crippen molar-refractivity contribution in [3.8, 4) is 0 Å². The van der Waals surface area contributed by atoms with E-state index in [-0.39, 0.29) is 5.91 Å². The van der Waals surface area contributed by atoms with Gasteiger partial charge in [-0.2, -0.15) is 0 Å². The van der Waals surface area contributed by atoms with Crippen LogP contribution < -0.4 is 5.32 Å². The van der Waals surface area contributed by atoms with Gasteiger partial charge < -0.3 is 9.80 Å². The van der Waals surface area contributed by atoms with Gasteiger partial charge in [-0.15, -0.1) is 0 Å². The Morgan fingerprint density at radius 3 is 1.16 bits per heavy atom. The van der Waals surface area contributed by atoms with Gasteiger partial charge in [-0.3, -0.25) is 4.79 Å². The van der Waals surface area contributed by atoms with Crippen molar-refractivity contribution in [1.82, 2.24) is 5.32 Å². The summed E-state index contributed by atoms with van der Waals surface area (Å²) in [6.07, 6.45) is 36.5. The van der Waals surface area contributed by atoms with Gasteiger partial charge in [-0.05, 0) is 19.3 Å². The van der Waals surface area contributed by atoms with E-state index >= 15 is 0 Å². The molecule has 0 radical (unpaired) electrons. The van der Waals surface area contributed by atoms with E-state index in [0.717, 1.165) is 30.4 Å². The molecule has 0 aliphatic heterocycles. The van der Waals surface area contributed by atoms with Gasteiger partial charge in [0, 0.05) is 19.4 Å². The highest BCUT2D eigenvalue weighted by molar-refractivity contribution is 5.75. The Hall–Kier alpha value is -0.570. The molecule has 0 aromatic carbocycles. The number of hydrogen-bond acceptors (Lipinski definition) is 1. The Morgan fingerprint density at radius 1 is 0.447 bits per heavy atom. The molecule has 0 aromatic heterocycles. The van der Waals surface area contributed by atoms with E-state index in [9.17, 15) is 4.79 Å². The molecule has 38 heavy (non-hydrogen) atoms. The van der Waals surface area contributed by atoms with E-state index in [4.69, 9.17) is 0 Å². The van der Waals surface area contributed by atoms with Crippen molar-refractivity contribution in [2.75, 3.05) is 33.7 Å². The maximum Gasteiger partial charge on any atom is 0.219 e. The van der Waals surface area contributed by atoms with Crippen LogP contribution in [0.15, 0.2) is 0 Å². The quantitative estimate of drug-likeness (QED) is 0.0691. The van der Waals surface area contributed by atoms with Gasteiger partial charge in [0.05, 0.1) is 27.2 Å². The summed E-state index contributed by atoms with van der Waals surface area (Å²) in [5.41, 5.74) is 0. The molecule has 0 spiro atoms. The van der Waals surface area contributed by atoms with E-state index in [1.165, 1.54) is 161 Å². The zero-order chi connectivity index (χ0) is 28.0. The van der Waals surface area contributed by atoms with E-state index in [1.807, 2.05) is 0 Å². The molecule has 1 amide bonds. The van der Waals surface area contributed by atoms with Crippen LogP contribution >= 0.6 is 0 Å². The second-order valence-electron chi connectivity index (χ2n) is 13.0. The van der Waals surface area contributed by atoms with Crippen LogP contribution in [0.3, 0.4) is 0 Å². The summed E-state index contributed by atoms with van der Waals surface area (Å²) in [4.78, 5) is 12.1. The summed E-state index contributed by atoms with van der Waals surface area (Å²) in [6, 6.07) is 0. The summed E-state index contributed by atoms with van der Waals surface area (Å²) in [5.74, 6) is 0.262. The van der Waals surface area contributed by atoms with Crippen LogP contribution in [0.1, 0.15) is 187 Å². The Morgan fingerprint density at radius 2 is 0.763 bits per heavy atom. The van der Waals surface area contributed by atoms with Crippen molar-refractivity contribution < 1.29 is 9.28 Å². The van der Waals surface area contributed by atoms with Crippen LogP contribution in [-0.4, -0.2) is 44.1 Å². The number of nitrogens with zero attached hydrogens (tertiary/aromatic N) is 1. The normalized spacial score (nSPS) is 11.8. The average Bonchev–Trinajstić information content (AvgIpc) is 2.90. The smallest absolute Gasteiger partial charge is 0.219 e. The van der Waals surface area contributed by atoms with E-state index in [1.54, 1.807) is 0 Å². The molecule has 0 atom stereocenters. The molecule has 1 N–H and O–H groups in total. The molecule has 3 nitrogen and oxygen atoms in total. The molecule has 0 unspecified atom stereocenters. The third kappa shape index (κ3) is 30.0. The van der Waals surface area contributed by atoms with Crippen LogP contribution in [0.5, 0.6) is 0 Å². The monoisotopic (exact) mass is 538 g/mol. The van der Waals surface area contributed by atoms with Gasteiger partial charge in [-0.25, -0.2) is 0 Å². The van der Waals surface area contributed by atoms with Gasteiger partial charge in [0.1, 0.15) is 0 Å². The number of hydrogen-bond donors (Lipinski definition) is 1. The molecule has 228 valence electrons. The average molecular weight is 538 g/mol. The van der Waals surface area contributed by atoms with Crippen LogP contribution in [0.2, 0.25) is 0 Å². The lowest BCUT2D eigenvalue weighted by molar-refractivity contribution is -0.890. The van der Waals surface area contributed by atoms with Gasteiger partial charge in [0.25, 0.3) is 0 Å². The first kappa shape index (κ1) is 37.4. The molecule has 3 heteroatoms. The number of carbonyl (C=O) groups excluding carboxylic acids is 1. The largest absolute Gasteiger partial charge is 0.356 e. The summed E-state index contributed by atoms with van der Waals surface area (Å²) < 4.78 is 1.09. The Kier molecular flexibility index (Phi) is 29.0. The third-order valence-corrected chi connectivity index (χ3v) is 8.39. The van der Waals surface area contributed by atoms with Gasteiger partial charge in [0.15, 0.2) is 0 Å². The number of quaternary nitrogens is 1. The Balaban J connectivity index is 3.40. The zero-order valence-corrected chi connectivity index (χ0v) is 27.1. The Bertz CT molecular complexity index is 477. The van der Waals surface area contributed by atoms with Crippen LogP contribution in [0, 0.1) is 0 Å². The maximum absolute atomic E-state index is 12.1. The summed E-state index contributed by atoms with van der Waals surface area (Å²) in [7, 11) is 4.71. The van der Waals surface area contributed by atoms with Crippen molar-refractivity contribution in [3.05, 3.63) is 0 Å². The van der Waals surface area contributed by atoms with Crippen molar-refractivity contribution in [2.45, 2.75) is 187 Å². The predicted octanol–water partition coefficient (Wildman–Crippen LogP) is 10.8. The molecule has 0 saturated carbocycles. The summed E-state index contributed by atoms with van der Waals surface area (Å²) >= 11 is 0. The fourth-order valence-corrected chi connectivity index (χ4v) is 5.62. The third-order valence-electron chi connectivity index (χ3n) is 8.39. The highest BCUT2D eigenvalue weighted by atomic mass is 16.1. The molecule has 0 rings (SSSR count).